The standard InChI is InChI=1S/C13H22N4O/c1-16(8-9-18)12-4-6-17(7-5-12)13-3-2-11(14)10-15-13/h2-3,10,12,18H,4-9,14H2,1H3. The highest BCUT2D eigenvalue weighted by Gasteiger charge is 2.22. The van der Waals surface area contributed by atoms with Crippen LogP contribution in [0, 0.1) is 0 Å². The molecule has 0 atom stereocenters. The van der Waals surface area contributed by atoms with Gasteiger partial charge in [-0.05, 0) is 32.0 Å². The highest BCUT2D eigenvalue weighted by Crippen LogP contribution is 2.20. The van der Waals surface area contributed by atoms with Gasteiger partial charge in [0.25, 0.3) is 0 Å². The molecule has 0 amide bonds. The fourth-order valence-electron chi connectivity index (χ4n) is 2.46. The van der Waals surface area contributed by atoms with Crippen molar-refractivity contribution in [2.75, 3.05) is 43.9 Å². The molecule has 3 N–H and O–H groups in total. The molecule has 0 spiro atoms. The second-order valence-electron chi connectivity index (χ2n) is 4.87. The van der Waals surface area contributed by atoms with Gasteiger partial charge in [0.1, 0.15) is 5.82 Å². The Bertz CT molecular complexity index is 360. The van der Waals surface area contributed by atoms with Gasteiger partial charge in [-0.2, -0.15) is 0 Å². The van der Waals surface area contributed by atoms with E-state index in [2.05, 4.69) is 21.8 Å². The van der Waals surface area contributed by atoms with Gasteiger partial charge in [0.15, 0.2) is 0 Å². The number of aromatic nitrogens is 1. The average molecular weight is 250 g/mol. The van der Waals surface area contributed by atoms with Crippen molar-refractivity contribution in [1.29, 1.82) is 0 Å². The third kappa shape index (κ3) is 3.11. The predicted molar refractivity (Wildman–Crippen MR) is 73.6 cm³/mol. The van der Waals surface area contributed by atoms with E-state index in [0.717, 1.165) is 38.3 Å². The van der Waals surface area contributed by atoms with Crippen LogP contribution in [0.1, 0.15) is 12.8 Å². The zero-order chi connectivity index (χ0) is 13.0. The van der Waals surface area contributed by atoms with E-state index in [4.69, 9.17) is 10.8 Å². The fourth-order valence-corrected chi connectivity index (χ4v) is 2.46. The summed E-state index contributed by atoms with van der Waals surface area (Å²) in [6.07, 6.45) is 3.93. The number of pyridine rings is 1. The van der Waals surface area contributed by atoms with Crippen LogP contribution in [-0.2, 0) is 0 Å². The number of nitrogens with two attached hydrogens (primary N) is 1. The zero-order valence-corrected chi connectivity index (χ0v) is 10.9. The Labute approximate surface area is 108 Å². The Balaban J connectivity index is 1.88. The lowest BCUT2D eigenvalue weighted by molar-refractivity contribution is 0.161. The van der Waals surface area contributed by atoms with Crippen LogP contribution >= 0.6 is 0 Å². The highest BCUT2D eigenvalue weighted by molar-refractivity contribution is 5.45. The van der Waals surface area contributed by atoms with Crippen LogP contribution in [0.2, 0.25) is 0 Å². The molecule has 1 saturated heterocycles. The van der Waals surface area contributed by atoms with E-state index in [1.54, 1.807) is 6.20 Å². The van der Waals surface area contributed by atoms with Crippen molar-refractivity contribution in [3.8, 4) is 0 Å². The minimum Gasteiger partial charge on any atom is -0.397 e. The molecule has 0 saturated carbocycles. The van der Waals surface area contributed by atoms with Gasteiger partial charge in [0, 0.05) is 25.7 Å². The van der Waals surface area contributed by atoms with Gasteiger partial charge in [-0.3, -0.25) is 0 Å². The van der Waals surface area contributed by atoms with Crippen molar-refractivity contribution >= 4 is 11.5 Å². The van der Waals surface area contributed by atoms with Crippen LogP contribution in [-0.4, -0.2) is 54.3 Å². The number of hydrogen-bond donors (Lipinski definition) is 2. The third-order valence-electron chi connectivity index (χ3n) is 3.64. The second-order valence-corrected chi connectivity index (χ2v) is 4.87. The number of hydrogen-bond acceptors (Lipinski definition) is 5. The van der Waals surface area contributed by atoms with Crippen LogP contribution < -0.4 is 10.6 Å². The van der Waals surface area contributed by atoms with Crippen molar-refractivity contribution < 1.29 is 5.11 Å². The van der Waals surface area contributed by atoms with Crippen LogP contribution in [0.5, 0.6) is 0 Å². The summed E-state index contributed by atoms with van der Waals surface area (Å²) in [5, 5.41) is 8.95. The molecule has 2 rings (SSSR count). The maximum absolute atomic E-state index is 8.95. The van der Waals surface area contributed by atoms with E-state index in [-0.39, 0.29) is 6.61 Å². The summed E-state index contributed by atoms with van der Waals surface area (Å²) in [4.78, 5) is 8.89. The van der Waals surface area contributed by atoms with Gasteiger partial charge in [0.05, 0.1) is 18.5 Å². The number of nitrogens with zero attached hydrogens (tertiary/aromatic N) is 3. The molecule has 1 aromatic heterocycles. The molecule has 100 valence electrons. The van der Waals surface area contributed by atoms with E-state index < -0.39 is 0 Å². The molecule has 1 aliphatic heterocycles. The van der Waals surface area contributed by atoms with Gasteiger partial charge in [-0.1, -0.05) is 0 Å². The molecule has 1 fully saturated rings. The number of aliphatic hydroxyl groups is 1. The summed E-state index contributed by atoms with van der Waals surface area (Å²) in [5.41, 5.74) is 6.34. The molecule has 5 heteroatoms. The van der Waals surface area contributed by atoms with Crippen molar-refractivity contribution in [3.05, 3.63) is 18.3 Å². The first-order valence-corrected chi connectivity index (χ1v) is 6.48. The lowest BCUT2D eigenvalue weighted by Crippen LogP contribution is -2.44. The number of aliphatic hydroxyl groups excluding tert-OH is 1. The summed E-state index contributed by atoms with van der Waals surface area (Å²) >= 11 is 0. The van der Waals surface area contributed by atoms with Crippen molar-refractivity contribution in [3.63, 3.8) is 0 Å². The minimum absolute atomic E-state index is 0.232. The highest BCUT2D eigenvalue weighted by atomic mass is 16.3. The van der Waals surface area contributed by atoms with E-state index >= 15 is 0 Å². The number of piperidine rings is 1. The molecule has 2 heterocycles. The first-order chi connectivity index (χ1) is 8.70. The normalized spacial score (nSPS) is 17.4. The first-order valence-electron chi connectivity index (χ1n) is 6.48. The summed E-state index contributed by atoms with van der Waals surface area (Å²) in [5.74, 6) is 1.01. The zero-order valence-electron chi connectivity index (χ0n) is 10.9. The first kappa shape index (κ1) is 13.1. The molecule has 18 heavy (non-hydrogen) atoms. The smallest absolute Gasteiger partial charge is 0.128 e. The maximum atomic E-state index is 8.95. The molecular formula is C13H22N4O. The molecule has 0 aromatic carbocycles. The largest absolute Gasteiger partial charge is 0.397 e. The Morgan fingerprint density at radius 1 is 1.44 bits per heavy atom. The molecule has 0 aliphatic carbocycles. The summed E-state index contributed by atoms with van der Waals surface area (Å²) in [7, 11) is 2.08. The lowest BCUT2D eigenvalue weighted by Gasteiger charge is -2.37. The number of anilines is 2. The predicted octanol–water partition coefficient (Wildman–Crippen LogP) is 0.557. The summed E-state index contributed by atoms with van der Waals surface area (Å²) in [6.45, 7) is 3.01. The van der Waals surface area contributed by atoms with Crippen LogP contribution in [0.15, 0.2) is 18.3 Å². The topological polar surface area (TPSA) is 65.6 Å². The summed E-state index contributed by atoms with van der Waals surface area (Å²) < 4.78 is 0. The van der Waals surface area contributed by atoms with E-state index in [1.165, 1.54) is 0 Å². The number of rotatable bonds is 4. The maximum Gasteiger partial charge on any atom is 0.128 e. The number of nitrogen functional groups attached to an aromatic ring is 1. The Hall–Kier alpha value is -1.33. The Kier molecular flexibility index (Phi) is 4.38. The molecule has 1 aromatic rings. The second kappa shape index (κ2) is 6.02. The molecular weight excluding hydrogens is 228 g/mol. The van der Waals surface area contributed by atoms with Gasteiger partial charge in [-0.15, -0.1) is 0 Å². The third-order valence-corrected chi connectivity index (χ3v) is 3.64. The van der Waals surface area contributed by atoms with E-state index in [9.17, 15) is 0 Å². The van der Waals surface area contributed by atoms with Crippen LogP contribution in [0.3, 0.4) is 0 Å². The monoisotopic (exact) mass is 250 g/mol. The van der Waals surface area contributed by atoms with Crippen molar-refractivity contribution in [2.45, 2.75) is 18.9 Å². The minimum atomic E-state index is 0.232. The van der Waals surface area contributed by atoms with Crippen LogP contribution in [0.25, 0.3) is 0 Å². The van der Waals surface area contributed by atoms with Gasteiger partial charge >= 0.3 is 0 Å². The van der Waals surface area contributed by atoms with E-state index in [0.29, 0.717) is 11.7 Å². The van der Waals surface area contributed by atoms with Crippen molar-refractivity contribution in [1.82, 2.24) is 9.88 Å². The van der Waals surface area contributed by atoms with Gasteiger partial charge in [0.2, 0.25) is 0 Å². The number of likely N-dealkylation sites (N-methyl/N-ethyl adjacent to an activating group) is 1. The van der Waals surface area contributed by atoms with Gasteiger partial charge in [-0.25, -0.2) is 4.98 Å². The molecule has 0 bridgehead atoms. The Morgan fingerprint density at radius 2 is 2.17 bits per heavy atom. The lowest BCUT2D eigenvalue weighted by atomic mass is 10.0. The van der Waals surface area contributed by atoms with Gasteiger partial charge < -0.3 is 20.6 Å². The Morgan fingerprint density at radius 3 is 2.72 bits per heavy atom. The quantitative estimate of drug-likeness (QED) is 0.817. The fraction of sp³-hybridized carbons (Fsp3) is 0.615. The molecule has 1 aliphatic rings. The van der Waals surface area contributed by atoms with Crippen LogP contribution in [0.4, 0.5) is 11.5 Å². The molecule has 5 nitrogen and oxygen atoms in total. The molecule has 0 radical (unpaired) electrons. The summed E-state index contributed by atoms with van der Waals surface area (Å²) in [6, 6.07) is 4.45. The molecule has 0 unspecified atom stereocenters. The average Bonchev–Trinajstić information content (AvgIpc) is 2.40. The SMILES string of the molecule is CN(CCO)C1CCN(c2ccc(N)cn2)CC1. The van der Waals surface area contributed by atoms with Crippen molar-refractivity contribution in [2.24, 2.45) is 0 Å². The van der Waals surface area contributed by atoms with E-state index in [1.807, 2.05) is 12.1 Å².